The minimum Gasteiger partial charge on any atom is -0.394 e. The van der Waals surface area contributed by atoms with E-state index in [0.717, 1.165) is 12.3 Å². The van der Waals surface area contributed by atoms with Gasteiger partial charge in [-0.2, -0.15) is 0 Å². The Morgan fingerprint density at radius 3 is 2.83 bits per heavy atom. The van der Waals surface area contributed by atoms with Crippen LogP contribution in [0.2, 0.25) is 0 Å². The van der Waals surface area contributed by atoms with E-state index in [1.54, 1.807) is 0 Å². The number of nitrogens with two attached hydrogens (primary N) is 1. The van der Waals surface area contributed by atoms with Gasteiger partial charge >= 0.3 is 0 Å². The number of aliphatic hydroxyl groups excluding tert-OH is 1. The molecular formula is C9H17NO2. The summed E-state index contributed by atoms with van der Waals surface area (Å²) in [6.45, 7) is 1.17. The second-order valence-corrected chi connectivity index (χ2v) is 3.98. The van der Waals surface area contributed by atoms with Gasteiger partial charge in [-0.25, -0.2) is 0 Å². The lowest BCUT2D eigenvalue weighted by Crippen LogP contribution is -2.41. The van der Waals surface area contributed by atoms with Gasteiger partial charge in [0.15, 0.2) is 0 Å². The Kier molecular flexibility index (Phi) is 2.10. The van der Waals surface area contributed by atoms with E-state index in [9.17, 15) is 0 Å². The Morgan fingerprint density at radius 2 is 2.42 bits per heavy atom. The summed E-state index contributed by atoms with van der Waals surface area (Å²) in [5.74, 6) is 1.58. The molecule has 2 aliphatic carbocycles. The van der Waals surface area contributed by atoms with Gasteiger partial charge in [0.1, 0.15) is 0 Å². The monoisotopic (exact) mass is 171 g/mol. The third-order valence-corrected chi connectivity index (χ3v) is 3.36. The van der Waals surface area contributed by atoms with Crippen LogP contribution in [0.5, 0.6) is 0 Å². The first-order valence-electron chi connectivity index (χ1n) is 4.77. The molecule has 3 N–H and O–H groups in total. The van der Waals surface area contributed by atoms with E-state index < -0.39 is 0 Å². The van der Waals surface area contributed by atoms with Crippen molar-refractivity contribution in [2.75, 3.05) is 19.8 Å². The largest absolute Gasteiger partial charge is 0.394 e. The average molecular weight is 171 g/mol. The van der Waals surface area contributed by atoms with Gasteiger partial charge in [0.05, 0.1) is 18.8 Å². The molecule has 3 atom stereocenters. The fraction of sp³-hybridized carbons (Fsp3) is 1.00. The topological polar surface area (TPSA) is 55.5 Å². The Bertz CT molecular complexity index is 174. The summed E-state index contributed by atoms with van der Waals surface area (Å²) in [7, 11) is 0. The molecule has 0 aromatic rings. The van der Waals surface area contributed by atoms with Crippen molar-refractivity contribution in [1.82, 2.24) is 0 Å². The molecule has 0 bridgehead atoms. The molecule has 2 fully saturated rings. The first-order valence-corrected chi connectivity index (χ1v) is 4.77. The van der Waals surface area contributed by atoms with Gasteiger partial charge in [-0.3, -0.25) is 0 Å². The number of aliphatic hydroxyl groups is 1. The normalized spacial score (nSPS) is 44.5. The van der Waals surface area contributed by atoms with Crippen LogP contribution in [0.15, 0.2) is 0 Å². The minimum atomic E-state index is -0.0621. The van der Waals surface area contributed by atoms with E-state index in [1.807, 2.05) is 0 Å². The summed E-state index contributed by atoms with van der Waals surface area (Å²) in [5.41, 5.74) is 5.66. The molecule has 0 aromatic heterocycles. The zero-order valence-electron chi connectivity index (χ0n) is 7.33. The van der Waals surface area contributed by atoms with Crippen molar-refractivity contribution in [3.05, 3.63) is 0 Å². The second-order valence-electron chi connectivity index (χ2n) is 3.98. The summed E-state index contributed by atoms with van der Waals surface area (Å²) in [6, 6.07) is 0. The van der Waals surface area contributed by atoms with Gasteiger partial charge < -0.3 is 15.6 Å². The lowest BCUT2D eigenvalue weighted by Gasteiger charge is -2.29. The van der Waals surface area contributed by atoms with Gasteiger partial charge in [0, 0.05) is 6.54 Å². The van der Waals surface area contributed by atoms with Crippen LogP contribution in [0.1, 0.15) is 19.3 Å². The molecule has 3 heteroatoms. The van der Waals surface area contributed by atoms with E-state index in [2.05, 4.69) is 0 Å². The van der Waals surface area contributed by atoms with Gasteiger partial charge in [-0.1, -0.05) is 0 Å². The maximum atomic E-state index is 8.67. The molecule has 0 heterocycles. The number of hydrogen-bond donors (Lipinski definition) is 2. The summed E-state index contributed by atoms with van der Waals surface area (Å²) < 4.78 is 5.67. The Balaban J connectivity index is 1.94. The highest BCUT2D eigenvalue weighted by Gasteiger charge is 2.57. The Hall–Kier alpha value is -0.120. The molecule has 2 rings (SSSR count). The molecular weight excluding hydrogens is 154 g/mol. The molecule has 3 nitrogen and oxygen atoms in total. The SMILES string of the molecule is NCC1(OCCO)CC[C@H]2C[C@H]21. The van der Waals surface area contributed by atoms with Gasteiger partial charge in [0.2, 0.25) is 0 Å². The standard InChI is InChI=1S/C9H17NO2/c10-6-9(12-4-3-11)2-1-7-5-8(7)9/h7-8,11H,1-6,10H2/t7-,8+,9?/m0/s1. The molecule has 0 amide bonds. The third-order valence-electron chi connectivity index (χ3n) is 3.36. The van der Waals surface area contributed by atoms with Crippen LogP contribution in [0.4, 0.5) is 0 Å². The van der Waals surface area contributed by atoms with Crippen molar-refractivity contribution in [3.63, 3.8) is 0 Å². The highest BCUT2D eigenvalue weighted by molar-refractivity contribution is 5.09. The lowest BCUT2D eigenvalue weighted by atomic mass is 9.97. The van der Waals surface area contributed by atoms with Crippen molar-refractivity contribution in [3.8, 4) is 0 Å². The molecule has 12 heavy (non-hydrogen) atoms. The molecule has 2 saturated carbocycles. The molecule has 0 aromatic carbocycles. The zero-order valence-corrected chi connectivity index (χ0v) is 7.33. The second kappa shape index (κ2) is 2.98. The number of hydrogen-bond acceptors (Lipinski definition) is 3. The molecule has 0 spiro atoms. The molecule has 0 radical (unpaired) electrons. The van der Waals surface area contributed by atoms with Crippen LogP contribution in [-0.4, -0.2) is 30.5 Å². The van der Waals surface area contributed by atoms with Crippen LogP contribution in [0, 0.1) is 11.8 Å². The lowest BCUT2D eigenvalue weighted by molar-refractivity contribution is -0.0620. The molecule has 2 aliphatic rings. The molecule has 1 unspecified atom stereocenters. The van der Waals surface area contributed by atoms with Crippen LogP contribution < -0.4 is 5.73 Å². The van der Waals surface area contributed by atoms with E-state index >= 15 is 0 Å². The van der Waals surface area contributed by atoms with Crippen LogP contribution in [-0.2, 0) is 4.74 Å². The predicted molar refractivity (Wildman–Crippen MR) is 45.7 cm³/mol. The van der Waals surface area contributed by atoms with E-state index in [0.29, 0.717) is 19.1 Å². The van der Waals surface area contributed by atoms with Gasteiger partial charge in [0.25, 0.3) is 0 Å². The van der Waals surface area contributed by atoms with Gasteiger partial charge in [-0.05, 0) is 31.1 Å². The van der Waals surface area contributed by atoms with Crippen molar-refractivity contribution in [2.45, 2.75) is 24.9 Å². The number of ether oxygens (including phenoxy) is 1. The van der Waals surface area contributed by atoms with Crippen molar-refractivity contribution < 1.29 is 9.84 Å². The average Bonchev–Trinajstić information content (AvgIpc) is 2.81. The number of fused-ring (bicyclic) bond motifs is 1. The highest BCUT2D eigenvalue weighted by Crippen LogP contribution is 2.58. The first kappa shape index (κ1) is 8.48. The smallest absolute Gasteiger partial charge is 0.0836 e. The zero-order chi connectivity index (χ0) is 8.60. The molecule has 0 aliphatic heterocycles. The fourth-order valence-corrected chi connectivity index (χ4v) is 2.57. The summed E-state index contributed by atoms with van der Waals surface area (Å²) in [4.78, 5) is 0. The molecule has 0 saturated heterocycles. The molecule has 70 valence electrons. The minimum absolute atomic E-state index is 0.0621. The quantitative estimate of drug-likeness (QED) is 0.632. The summed E-state index contributed by atoms with van der Waals surface area (Å²) in [6.07, 6.45) is 3.66. The van der Waals surface area contributed by atoms with Crippen molar-refractivity contribution in [1.29, 1.82) is 0 Å². The maximum absolute atomic E-state index is 8.67. The van der Waals surface area contributed by atoms with E-state index in [4.69, 9.17) is 15.6 Å². The maximum Gasteiger partial charge on any atom is 0.0836 e. The first-order chi connectivity index (χ1) is 5.82. The highest BCUT2D eigenvalue weighted by atomic mass is 16.5. The van der Waals surface area contributed by atoms with Crippen molar-refractivity contribution >= 4 is 0 Å². The van der Waals surface area contributed by atoms with Gasteiger partial charge in [-0.15, -0.1) is 0 Å². The number of rotatable bonds is 4. The van der Waals surface area contributed by atoms with E-state index in [-0.39, 0.29) is 12.2 Å². The predicted octanol–water partition coefficient (Wildman–Crippen LogP) is 0.123. The Labute approximate surface area is 72.9 Å². The third kappa shape index (κ3) is 1.16. The van der Waals surface area contributed by atoms with Crippen LogP contribution in [0.25, 0.3) is 0 Å². The van der Waals surface area contributed by atoms with E-state index in [1.165, 1.54) is 12.8 Å². The van der Waals surface area contributed by atoms with Crippen molar-refractivity contribution in [2.24, 2.45) is 17.6 Å². The van der Waals surface area contributed by atoms with Crippen LogP contribution in [0.3, 0.4) is 0 Å². The fourth-order valence-electron chi connectivity index (χ4n) is 2.57. The Morgan fingerprint density at radius 1 is 1.58 bits per heavy atom. The summed E-state index contributed by atoms with van der Waals surface area (Å²) >= 11 is 0. The van der Waals surface area contributed by atoms with Crippen LogP contribution >= 0.6 is 0 Å². The summed E-state index contributed by atoms with van der Waals surface area (Å²) in [5, 5.41) is 8.67.